The molecule has 3 unspecified atom stereocenters. The molecule has 0 aromatic heterocycles. The summed E-state index contributed by atoms with van der Waals surface area (Å²) in [7, 11) is -3.03. The maximum atomic E-state index is 11.7. The van der Waals surface area contributed by atoms with Crippen LogP contribution in [0.3, 0.4) is 0 Å². The molecule has 1 heterocycles. The van der Waals surface area contributed by atoms with Crippen molar-refractivity contribution < 1.29 is 8.42 Å². The Labute approximate surface area is 130 Å². The molecule has 4 nitrogen and oxygen atoms in total. The zero-order chi connectivity index (χ0) is 15.7. The van der Waals surface area contributed by atoms with Crippen LogP contribution < -0.4 is 5.32 Å². The van der Waals surface area contributed by atoms with Gasteiger partial charge < -0.3 is 5.32 Å². The van der Waals surface area contributed by atoms with Crippen molar-refractivity contribution in [1.82, 2.24) is 9.62 Å². The quantitative estimate of drug-likeness (QED) is 0.785. The monoisotopic (exact) mass is 316 g/mol. The second kappa shape index (κ2) is 6.55. The topological polar surface area (TPSA) is 49.4 Å². The number of hydrogen-bond acceptors (Lipinski definition) is 3. The van der Waals surface area contributed by atoms with Crippen LogP contribution in [0.25, 0.3) is 0 Å². The van der Waals surface area contributed by atoms with Crippen LogP contribution in [0.4, 0.5) is 0 Å². The summed E-state index contributed by atoms with van der Waals surface area (Å²) in [6.07, 6.45) is 7.10. The van der Waals surface area contributed by atoms with Gasteiger partial charge in [-0.1, -0.05) is 20.8 Å². The fraction of sp³-hybridized carbons (Fsp3) is 1.00. The highest BCUT2D eigenvalue weighted by Crippen LogP contribution is 2.54. The van der Waals surface area contributed by atoms with Gasteiger partial charge in [0.1, 0.15) is 0 Å². The van der Waals surface area contributed by atoms with Crippen molar-refractivity contribution in [2.24, 2.45) is 17.3 Å². The lowest BCUT2D eigenvalue weighted by atomic mass is 9.89. The number of rotatable bonds is 7. The van der Waals surface area contributed by atoms with Crippen LogP contribution in [0.5, 0.6) is 0 Å². The van der Waals surface area contributed by atoms with E-state index in [4.69, 9.17) is 0 Å². The molecule has 1 saturated heterocycles. The molecule has 21 heavy (non-hydrogen) atoms. The molecule has 2 fully saturated rings. The Balaban J connectivity index is 1.93. The predicted molar refractivity (Wildman–Crippen MR) is 87.7 cm³/mol. The van der Waals surface area contributed by atoms with Gasteiger partial charge in [-0.2, -0.15) is 0 Å². The maximum Gasteiger partial charge on any atom is 0.211 e. The predicted octanol–water partition coefficient (Wildman–Crippen LogP) is 2.46. The Bertz CT molecular complexity index is 447. The number of hydrogen-bond donors (Lipinski definition) is 1. The first-order chi connectivity index (χ1) is 9.74. The SMILES string of the molecule is CCCNC(CC1CCCN(S(C)(=O)=O)C1)C1CC1(C)C. The van der Waals surface area contributed by atoms with Gasteiger partial charge >= 0.3 is 0 Å². The van der Waals surface area contributed by atoms with Crippen molar-refractivity contribution in [3.63, 3.8) is 0 Å². The summed E-state index contributed by atoms with van der Waals surface area (Å²) >= 11 is 0. The number of nitrogens with one attached hydrogen (secondary N) is 1. The Morgan fingerprint density at radius 2 is 2.05 bits per heavy atom. The van der Waals surface area contributed by atoms with E-state index in [2.05, 4.69) is 26.1 Å². The molecule has 1 aliphatic carbocycles. The Morgan fingerprint density at radius 3 is 2.57 bits per heavy atom. The molecule has 2 aliphatic rings. The zero-order valence-corrected chi connectivity index (χ0v) is 14.9. The summed E-state index contributed by atoms with van der Waals surface area (Å²) in [5.41, 5.74) is 0.469. The Hall–Kier alpha value is -0.130. The van der Waals surface area contributed by atoms with Gasteiger partial charge in [-0.25, -0.2) is 12.7 Å². The van der Waals surface area contributed by atoms with E-state index in [1.54, 1.807) is 4.31 Å². The summed E-state index contributed by atoms with van der Waals surface area (Å²) in [5.74, 6) is 1.27. The molecule has 0 amide bonds. The zero-order valence-electron chi connectivity index (χ0n) is 14.1. The average molecular weight is 317 g/mol. The van der Waals surface area contributed by atoms with Crippen LogP contribution in [0.15, 0.2) is 0 Å². The molecule has 0 radical (unpaired) electrons. The van der Waals surface area contributed by atoms with Crippen molar-refractivity contribution in [2.45, 2.75) is 58.9 Å². The van der Waals surface area contributed by atoms with Crippen LogP contribution in [-0.4, -0.2) is 44.7 Å². The minimum atomic E-state index is -3.03. The first kappa shape index (κ1) is 17.2. The molecule has 3 atom stereocenters. The standard InChI is InChI=1S/C16H32N2O2S/c1-5-8-17-15(14-11-16(14,2)3)10-13-7-6-9-18(12-13)21(4,19)20/h13-15,17H,5-12H2,1-4H3. The third kappa shape index (κ3) is 4.67. The van der Waals surface area contributed by atoms with E-state index >= 15 is 0 Å². The van der Waals surface area contributed by atoms with Crippen molar-refractivity contribution in [3.05, 3.63) is 0 Å². The average Bonchev–Trinajstić information content (AvgIpc) is 3.03. The van der Waals surface area contributed by atoms with Crippen molar-refractivity contribution >= 4 is 10.0 Å². The molecule has 5 heteroatoms. The third-order valence-corrected chi connectivity index (χ3v) is 6.54. The molecule has 0 bridgehead atoms. The summed E-state index contributed by atoms with van der Waals surface area (Å²) in [6, 6.07) is 0.560. The Kier molecular flexibility index (Phi) is 5.37. The second-order valence-corrected chi connectivity index (χ2v) is 9.71. The Morgan fingerprint density at radius 1 is 1.38 bits per heavy atom. The van der Waals surface area contributed by atoms with Crippen molar-refractivity contribution in [2.75, 3.05) is 25.9 Å². The third-order valence-electron chi connectivity index (χ3n) is 5.27. The largest absolute Gasteiger partial charge is 0.314 e. The second-order valence-electron chi connectivity index (χ2n) is 7.72. The lowest BCUT2D eigenvalue weighted by Gasteiger charge is -2.33. The first-order valence-electron chi connectivity index (χ1n) is 8.42. The van der Waals surface area contributed by atoms with Crippen molar-refractivity contribution in [1.29, 1.82) is 0 Å². The van der Waals surface area contributed by atoms with E-state index in [0.717, 1.165) is 38.3 Å². The van der Waals surface area contributed by atoms with Crippen molar-refractivity contribution in [3.8, 4) is 0 Å². The molecular formula is C16H32N2O2S. The summed E-state index contributed by atoms with van der Waals surface area (Å²) in [4.78, 5) is 0. The van der Waals surface area contributed by atoms with Gasteiger partial charge in [0.15, 0.2) is 0 Å². The molecule has 1 saturated carbocycles. The van der Waals surface area contributed by atoms with Gasteiger partial charge in [0, 0.05) is 19.1 Å². The summed E-state index contributed by atoms with van der Waals surface area (Å²) in [6.45, 7) is 9.39. The number of nitrogens with zero attached hydrogens (tertiary/aromatic N) is 1. The van der Waals surface area contributed by atoms with Gasteiger partial charge in [0.25, 0.3) is 0 Å². The van der Waals surface area contributed by atoms with E-state index in [1.807, 2.05) is 0 Å². The van der Waals surface area contributed by atoms with Gasteiger partial charge in [-0.15, -0.1) is 0 Å². The van der Waals surface area contributed by atoms with Crippen LogP contribution in [0, 0.1) is 17.3 Å². The van der Waals surface area contributed by atoms with E-state index in [0.29, 0.717) is 23.9 Å². The van der Waals surface area contributed by atoms with Crippen LogP contribution >= 0.6 is 0 Å². The smallest absolute Gasteiger partial charge is 0.211 e. The fourth-order valence-electron chi connectivity index (χ4n) is 3.79. The van der Waals surface area contributed by atoms with Gasteiger partial charge in [0.05, 0.1) is 6.26 Å². The number of sulfonamides is 1. The van der Waals surface area contributed by atoms with E-state index < -0.39 is 10.0 Å². The van der Waals surface area contributed by atoms with Crippen LogP contribution in [0.2, 0.25) is 0 Å². The normalized spacial score (nSPS) is 31.0. The molecule has 0 aromatic carbocycles. The summed E-state index contributed by atoms with van der Waals surface area (Å²) in [5, 5.41) is 3.72. The molecule has 124 valence electrons. The molecule has 1 N–H and O–H groups in total. The fourth-order valence-corrected chi connectivity index (χ4v) is 4.74. The lowest BCUT2D eigenvalue weighted by molar-refractivity contribution is 0.225. The van der Waals surface area contributed by atoms with Crippen LogP contribution in [0.1, 0.15) is 52.9 Å². The molecule has 2 rings (SSSR count). The van der Waals surface area contributed by atoms with E-state index in [9.17, 15) is 8.42 Å². The van der Waals surface area contributed by atoms with E-state index in [-0.39, 0.29) is 0 Å². The highest BCUT2D eigenvalue weighted by molar-refractivity contribution is 7.88. The molecule has 0 aromatic rings. The van der Waals surface area contributed by atoms with E-state index in [1.165, 1.54) is 19.1 Å². The minimum absolute atomic E-state index is 0.469. The van der Waals surface area contributed by atoms with Gasteiger partial charge in [-0.3, -0.25) is 0 Å². The molecule has 1 aliphatic heterocycles. The number of piperidine rings is 1. The highest BCUT2D eigenvalue weighted by atomic mass is 32.2. The minimum Gasteiger partial charge on any atom is -0.314 e. The first-order valence-corrected chi connectivity index (χ1v) is 10.3. The molecule has 0 spiro atoms. The van der Waals surface area contributed by atoms with Gasteiger partial charge in [-0.05, 0) is 55.9 Å². The maximum absolute atomic E-state index is 11.7. The summed E-state index contributed by atoms with van der Waals surface area (Å²) < 4.78 is 25.2. The highest BCUT2D eigenvalue weighted by Gasteiger charge is 2.50. The van der Waals surface area contributed by atoms with Crippen LogP contribution in [-0.2, 0) is 10.0 Å². The lowest BCUT2D eigenvalue weighted by Crippen LogP contribution is -2.42. The molecular weight excluding hydrogens is 284 g/mol. The van der Waals surface area contributed by atoms with Gasteiger partial charge in [0.2, 0.25) is 10.0 Å².